The molecule has 0 unspecified atom stereocenters. The van der Waals surface area contributed by atoms with Gasteiger partial charge in [0.2, 0.25) is 0 Å². The summed E-state index contributed by atoms with van der Waals surface area (Å²) in [6, 6.07) is 6.85. The van der Waals surface area contributed by atoms with Gasteiger partial charge in [-0.05, 0) is 23.8 Å². The van der Waals surface area contributed by atoms with E-state index in [1.807, 2.05) is 0 Å². The van der Waals surface area contributed by atoms with E-state index >= 15 is 0 Å². The molecule has 0 aliphatic heterocycles. The van der Waals surface area contributed by atoms with E-state index in [9.17, 15) is 20.0 Å². The van der Waals surface area contributed by atoms with Gasteiger partial charge in [0.25, 0.3) is 5.88 Å². The van der Waals surface area contributed by atoms with Crippen LogP contribution in [0.4, 0.5) is 5.69 Å². The smallest absolute Gasteiger partial charge is 0.395 e. The molecule has 1 aromatic heterocycles. The Morgan fingerprint density at radius 2 is 1.95 bits per heavy atom. The molecular weight excluding hydrogens is 286 g/mol. The summed E-state index contributed by atoms with van der Waals surface area (Å²) in [5, 5.41) is 20.5. The Morgan fingerprint density at radius 1 is 1.30 bits per heavy atom. The number of aromatic hydroxyl groups is 1. The second-order valence-corrected chi connectivity index (χ2v) is 4.20. The number of H-pyrrole nitrogens is 1. The molecule has 0 radical (unpaired) electrons. The predicted molar refractivity (Wildman–Crippen MR) is 73.6 cm³/mol. The summed E-state index contributed by atoms with van der Waals surface area (Å²) >= 11 is 5.74. The van der Waals surface area contributed by atoms with Crippen molar-refractivity contribution in [3.63, 3.8) is 0 Å². The third-order valence-electron chi connectivity index (χ3n) is 2.38. The number of aromatic nitrogens is 2. The molecule has 102 valence electrons. The third kappa shape index (κ3) is 3.01. The van der Waals surface area contributed by atoms with Crippen molar-refractivity contribution in [3.05, 3.63) is 61.1 Å². The lowest BCUT2D eigenvalue weighted by Crippen LogP contribution is -2.14. The van der Waals surface area contributed by atoms with Gasteiger partial charge in [-0.2, -0.15) is 4.98 Å². The molecule has 0 aliphatic rings. The van der Waals surface area contributed by atoms with Gasteiger partial charge in [-0.3, -0.25) is 14.9 Å². The molecule has 1 heterocycles. The summed E-state index contributed by atoms with van der Waals surface area (Å²) in [6.07, 6.45) is 3.02. The molecule has 0 spiro atoms. The lowest BCUT2D eigenvalue weighted by atomic mass is 10.2. The maximum atomic E-state index is 11.4. The van der Waals surface area contributed by atoms with Gasteiger partial charge in [0.05, 0.1) is 4.92 Å². The van der Waals surface area contributed by atoms with Crippen LogP contribution in [0.5, 0.6) is 5.88 Å². The zero-order valence-electron chi connectivity index (χ0n) is 9.91. The number of benzene rings is 1. The summed E-state index contributed by atoms with van der Waals surface area (Å²) in [6.45, 7) is 0. The minimum Gasteiger partial charge on any atom is -0.488 e. The molecule has 0 bridgehead atoms. The summed E-state index contributed by atoms with van der Waals surface area (Å²) in [5.74, 6) is -0.914. The number of hydrogen-bond donors (Lipinski definition) is 2. The number of nitro groups is 1. The Morgan fingerprint density at radius 3 is 2.50 bits per heavy atom. The highest BCUT2D eigenvalue weighted by Crippen LogP contribution is 2.17. The van der Waals surface area contributed by atoms with E-state index in [2.05, 4.69) is 9.97 Å². The van der Waals surface area contributed by atoms with Crippen LogP contribution in [0, 0.1) is 10.1 Å². The topological polar surface area (TPSA) is 109 Å². The van der Waals surface area contributed by atoms with Gasteiger partial charge in [0, 0.05) is 5.02 Å². The van der Waals surface area contributed by atoms with Crippen LogP contribution in [0.1, 0.15) is 11.4 Å². The minimum atomic E-state index is -1.02. The molecule has 0 saturated heterocycles. The Labute approximate surface area is 117 Å². The van der Waals surface area contributed by atoms with Crippen LogP contribution in [-0.2, 0) is 0 Å². The fourth-order valence-electron chi connectivity index (χ4n) is 1.46. The first kappa shape index (κ1) is 13.8. The van der Waals surface area contributed by atoms with Gasteiger partial charge < -0.3 is 10.1 Å². The van der Waals surface area contributed by atoms with Crippen LogP contribution in [0.2, 0.25) is 5.02 Å². The Balaban J connectivity index is 2.33. The Bertz CT molecular complexity index is 737. The summed E-state index contributed by atoms with van der Waals surface area (Å²) in [5.41, 5.74) is -1.21. The van der Waals surface area contributed by atoms with E-state index in [4.69, 9.17) is 11.6 Å². The SMILES string of the molecule is O=c1[nH]c(/C=C\c2ccc(Cl)cc2)nc(O)c1[N+](=O)[O-]. The van der Waals surface area contributed by atoms with Gasteiger partial charge >= 0.3 is 11.2 Å². The lowest BCUT2D eigenvalue weighted by Gasteiger charge is -1.97. The number of aromatic amines is 1. The molecule has 7 nitrogen and oxygen atoms in total. The average molecular weight is 294 g/mol. The Hall–Kier alpha value is -2.67. The van der Waals surface area contributed by atoms with E-state index in [1.165, 1.54) is 6.08 Å². The monoisotopic (exact) mass is 293 g/mol. The number of nitrogens with one attached hydrogen (secondary N) is 1. The van der Waals surface area contributed by atoms with Gasteiger partial charge in [-0.15, -0.1) is 0 Å². The van der Waals surface area contributed by atoms with Crippen LogP contribution in [0.15, 0.2) is 29.1 Å². The molecule has 0 atom stereocenters. The molecule has 20 heavy (non-hydrogen) atoms. The van der Waals surface area contributed by atoms with Crippen LogP contribution >= 0.6 is 11.6 Å². The maximum absolute atomic E-state index is 11.4. The van der Waals surface area contributed by atoms with Gasteiger partial charge in [0.15, 0.2) is 0 Å². The predicted octanol–water partition coefficient (Wildman–Crippen LogP) is 2.21. The van der Waals surface area contributed by atoms with Crippen LogP contribution < -0.4 is 5.56 Å². The number of rotatable bonds is 3. The molecule has 0 aliphatic carbocycles. The zero-order valence-corrected chi connectivity index (χ0v) is 10.7. The Kier molecular flexibility index (Phi) is 3.81. The third-order valence-corrected chi connectivity index (χ3v) is 2.63. The minimum absolute atomic E-state index is 0.00745. The molecule has 2 aromatic rings. The molecule has 2 N–H and O–H groups in total. The standard InChI is InChI=1S/C12H8ClN3O4/c13-8-4-1-7(2-5-8)3-6-9-14-11(17)10(16(19)20)12(18)15-9/h1-6H,(H2,14,15,17,18)/b6-3-. The second kappa shape index (κ2) is 5.54. The van der Waals surface area contributed by atoms with Crippen molar-refractivity contribution in [2.24, 2.45) is 0 Å². The summed E-state index contributed by atoms with van der Waals surface area (Å²) < 4.78 is 0. The van der Waals surface area contributed by atoms with Crippen molar-refractivity contribution in [2.45, 2.75) is 0 Å². The van der Waals surface area contributed by atoms with Crippen molar-refractivity contribution in [2.75, 3.05) is 0 Å². The first-order valence-electron chi connectivity index (χ1n) is 5.38. The van der Waals surface area contributed by atoms with Crippen molar-refractivity contribution >= 4 is 29.4 Å². The molecule has 0 fully saturated rings. The van der Waals surface area contributed by atoms with Crippen molar-refractivity contribution in [1.82, 2.24) is 9.97 Å². The van der Waals surface area contributed by atoms with Gasteiger partial charge in [-0.1, -0.05) is 29.8 Å². The molecular formula is C12H8ClN3O4. The highest BCUT2D eigenvalue weighted by atomic mass is 35.5. The van der Waals surface area contributed by atoms with E-state index < -0.39 is 22.0 Å². The summed E-state index contributed by atoms with van der Waals surface area (Å²) in [7, 11) is 0. The largest absolute Gasteiger partial charge is 0.488 e. The first-order chi connectivity index (χ1) is 9.47. The fourth-order valence-corrected chi connectivity index (χ4v) is 1.59. The number of hydrogen-bond acceptors (Lipinski definition) is 5. The molecule has 0 amide bonds. The number of halogens is 1. The van der Waals surface area contributed by atoms with Crippen LogP contribution in [0.3, 0.4) is 0 Å². The van der Waals surface area contributed by atoms with Crippen LogP contribution in [0.25, 0.3) is 12.2 Å². The first-order valence-corrected chi connectivity index (χ1v) is 5.76. The van der Waals surface area contributed by atoms with Crippen molar-refractivity contribution < 1.29 is 10.0 Å². The highest BCUT2D eigenvalue weighted by molar-refractivity contribution is 6.30. The van der Waals surface area contributed by atoms with Crippen LogP contribution in [-0.4, -0.2) is 20.0 Å². The van der Waals surface area contributed by atoms with Crippen molar-refractivity contribution in [1.29, 1.82) is 0 Å². The second-order valence-electron chi connectivity index (χ2n) is 3.77. The van der Waals surface area contributed by atoms with E-state index in [1.54, 1.807) is 30.3 Å². The molecule has 0 saturated carbocycles. The molecule has 8 heteroatoms. The van der Waals surface area contributed by atoms with E-state index in [0.29, 0.717) is 5.02 Å². The maximum Gasteiger partial charge on any atom is 0.395 e. The van der Waals surface area contributed by atoms with Crippen molar-refractivity contribution in [3.8, 4) is 5.88 Å². The molecule has 2 rings (SSSR count). The van der Waals surface area contributed by atoms with Gasteiger partial charge in [0.1, 0.15) is 5.82 Å². The molecule has 1 aromatic carbocycles. The average Bonchev–Trinajstić information content (AvgIpc) is 2.37. The fraction of sp³-hybridized carbons (Fsp3) is 0. The zero-order chi connectivity index (χ0) is 14.7. The summed E-state index contributed by atoms with van der Waals surface area (Å²) in [4.78, 5) is 26.7. The van der Waals surface area contributed by atoms with Gasteiger partial charge in [-0.25, -0.2) is 0 Å². The van der Waals surface area contributed by atoms with E-state index in [0.717, 1.165) is 5.56 Å². The normalized spacial score (nSPS) is 10.8. The number of nitrogens with zero attached hydrogens (tertiary/aromatic N) is 2. The van der Waals surface area contributed by atoms with E-state index in [-0.39, 0.29) is 5.82 Å². The quantitative estimate of drug-likeness (QED) is 0.666. The lowest BCUT2D eigenvalue weighted by molar-refractivity contribution is -0.387. The highest BCUT2D eigenvalue weighted by Gasteiger charge is 2.21.